The molecule has 4 nitrogen and oxygen atoms in total. The minimum Gasteiger partial charge on any atom is -0.493 e. The monoisotopic (exact) mass is 448 g/mol. The summed E-state index contributed by atoms with van der Waals surface area (Å²) in [7, 11) is 1.40. The van der Waals surface area contributed by atoms with Gasteiger partial charge in [-0.1, -0.05) is 54.4 Å². The number of hydrogen-bond donors (Lipinski definition) is 0. The third kappa shape index (κ3) is 13.0. The van der Waals surface area contributed by atoms with Crippen molar-refractivity contribution in [3.63, 3.8) is 0 Å². The van der Waals surface area contributed by atoms with E-state index in [0.29, 0.717) is 30.3 Å². The van der Waals surface area contributed by atoms with E-state index in [2.05, 4.69) is 41.5 Å². The van der Waals surface area contributed by atoms with Crippen LogP contribution in [0.25, 0.3) is 0 Å². The molecule has 0 aromatic heterocycles. The lowest BCUT2D eigenvalue weighted by Crippen LogP contribution is -2.06. The van der Waals surface area contributed by atoms with Crippen LogP contribution in [0.2, 0.25) is 0 Å². The van der Waals surface area contributed by atoms with Crippen molar-refractivity contribution in [1.82, 2.24) is 0 Å². The maximum Gasteiger partial charge on any atom is 0.338 e. The van der Waals surface area contributed by atoms with E-state index in [-0.39, 0.29) is 5.97 Å². The molecule has 0 spiro atoms. The van der Waals surface area contributed by atoms with Crippen LogP contribution in [0, 0.1) is 23.7 Å². The van der Waals surface area contributed by atoms with Gasteiger partial charge in [0, 0.05) is 6.07 Å². The summed E-state index contributed by atoms with van der Waals surface area (Å²) in [6.45, 7) is 15.1. The molecule has 2 atom stereocenters. The molecular weight excluding hydrogens is 400 g/mol. The van der Waals surface area contributed by atoms with Gasteiger partial charge in [0.05, 0.1) is 25.9 Å². The van der Waals surface area contributed by atoms with Crippen LogP contribution in [-0.4, -0.2) is 26.3 Å². The fraction of sp³-hybridized carbons (Fsp3) is 0.750. The van der Waals surface area contributed by atoms with Crippen molar-refractivity contribution in [3.05, 3.63) is 23.8 Å². The molecule has 0 saturated heterocycles. The number of benzene rings is 1. The highest BCUT2D eigenvalue weighted by atomic mass is 16.5. The predicted molar refractivity (Wildman–Crippen MR) is 134 cm³/mol. The van der Waals surface area contributed by atoms with Crippen molar-refractivity contribution in [3.8, 4) is 11.5 Å². The second-order valence-corrected chi connectivity index (χ2v) is 10.3. The summed E-state index contributed by atoms with van der Waals surface area (Å²) in [5.74, 6) is 3.99. The zero-order chi connectivity index (χ0) is 23.9. The Balaban J connectivity index is 2.49. The molecule has 4 heteroatoms. The first kappa shape index (κ1) is 28.3. The lowest BCUT2D eigenvalue weighted by atomic mass is 9.94. The van der Waals surface area contributed by atoms with E-state index in [1.54, 1.807) is 12.1 Å². The fourth-order valence-corrected chi connectivity index (χ4v) is 4.39. The van der Waals surface area contributed by atoms with E-state index >= 15 is 0 Å². The SMILES string of the molecule is COC(=O)c1cc(OCCCCC(C)CC(C)C)cc(OCCCCC(C)CC(C)C)c1. The third-order valence-electron chi connectivity index (χ3n) is 5.77. The van der Waals surface area contributed by atoms with Gasteiger partial charge >= 0.3 is 5.97 Å². The first-order chi connectivity index (χ1) is 15.2. The molecule has 1 rings (SSSR count). The first-order valence-corrected chi connectivity index (χ1v) is 12.7. The molecule has 0 saturated carbocycles. The molecule has 0 aliphatic heterocycles. The Labute approximate surface area is 197 Å². The summed E-state index contributed by atoms with van der Waals surface area (Å²) in [5.41, 5.74) is 0.469. The Bertz CT molecular complexity index is 594. The number of carbonyl (C=O) groups is 1. The number of ether oxygens (including phenoxy) is 3. The van der Waals surface area contributed by atoms with Crippen molar-refractivity contribution in [2.75, 3.05) is 20.3 Å². The summed E-state index contributed by atoms with van der Waals surface area (Å²) in [6.07, 6.45) is 9.35. The topological polar surface area (TPSA) is 44.8 Å². The van der Waals surface area contributed by atoms with Crippen molar-refractivity contribution >= 4 is 5.97 Å². The maximum absolute atomic E-state index is 12.1. The smallest absolute Gasteiger partial charge is 0.338 e. The maximum atomic E-state index is 12.1. The standard InChI is InChI=1S/C28H48O4/c1-21(2)16-23(5)12-8-10-14-31-26-18-25(28(29)30-7)19-27(20-26)32-15-11-9-13-24(6)17-22(3)4/h18-24H,8-17H2,1-7H3. The lowest BCUT2D eigenvalue weighted by molar-refractivity contribution is 0.0599. The summed E-state index contributed by atoms with van der Waals surface area (Å²) in [5, 5.41) is 0. The quantitative estimate of drug-likeness (QED) is 0.179. The van der Waals surface area contributed by atoms with E-state index < -0.39 is 0 Å². The minimum absolute atomic E-state index is 0.370. The summed E-state index contributed by atoms with van der Waals surface area (Å²) < 4.78 is 16.8. The molecule has 184 valence electrons. The molecule has 1 aromatic carbocycles. The average Bonchev–Trinajstić information content (AvgIpc) is 2.71. The van der Waals surface area contributed by atoms with Gasteiger partial charge in [0.2, 0.25) is 0 Å². The Kier molecular flexibility index (Phi) is 14.2. The predicted octanol–water partition coefficient (Wildman–Crippen LogP) is 7.94. The lowest BCUT2D eigenvalue weighted by Gasteiger charge is -2.15. The first-order valence-electron chi connectivity index (χ1n) is 12.7. The minimum atomic E-state index is -0.370. The molecule has 0 radical (unpaired) electrons. The number of esters is 1. The van der Waals surface area contributed by atoms with Gasteiger partial charge in [-0.25, -0.2) is 4.79 Å². The van der Waals surface area contributed by atoms with Crippen molar-refractivity contribution in [1.29, 1.82) is 0 Å². The number of methoxy groups -OCH3 is 1. The van der Waals surface area contributed by atoms with Crippen LogP contribution in [0.3, 0.4) is 0 Å². The Morgan fingerprint density at radius 2 is 1.16 bits per heavy atom. The summed E-state index contributed by atoms with van der Waals surface area (Å²) in [6, 6.07) is 5.37. The molecule has 0 fully saturated rings. The van der Waals surface area contributed by atoms with Crippen LogP contribution >= 0.6 is 0 Å². The van der Waals surface area contributed by atoms with Crippen LogP contribution in [-0.2, 0) is 4.74 Å². The highest BCUT2D eigenvalue weighted by Gasteiger charge is 2.11. The molecule has 0 aliphatic rings. The Morgan fingerprint density at radius 1 is 0.719 bits per heavy atom. The third-order valence-corrected chi connectivity index (χ3v) is 5.77. The molecule has 32 heavy (non-hydrogen) atoms. The molecule has 0 heterocycles. The molecular formula is C28H48O4. The Morgan fingerprint density at radius 3 is 1.53 bits per heavy atom. The van der Waals surface area contributed by atoms with Crippen molar-refractivity contribution < 1.29 is 19.0 Å². The van der Waals surface area contributed by atoms with Gasteiger partial charge in [-0.3, -0.25) is 0 Å². The molecule has 0 aliphatic carbocycles. The zero-order valence-corrected chi connectivity index (χ0v) is 21.7. The van der Waals surface area contributed by atoms with Crippen LogP contribution < -0.4 is 9.47 Å². The highest BCUT2D eigenvalue weighted by Crippen LogP contribution is 2.25. The molecule has 0 N–H and O–H groups in total. The van der Waals surface area contributed by atoms with E-state index in [1.165, 1.54) is 32.8 Å². The normalized spacial score (nSPS) is 13.3. The van der Waals surface area contributed by atoms with Gasteiger partial charge in [-0.15, -0.1) is 0 Å². The molecule has 0 bridgehead atoms. The van der Waals surface area contributed by atoms with Crippen LogP contribution in [0.5, 0.6) is 11.5 Å². The summed E-state index contributed by atoms with van der Waals surface area (Å²) in [4.78, 5) is 12.1. The summed E-state index contributed by atoms with van der Waals surface area (Å²) >= 11 is 0. The number of unbranched alkanes of at least 4 members (excludes halogenated alkanes) is 2. The molecule has 2 unspecified atom stereocenters. The van der Waals surface area contributed by atoms with Crippen molar-refractivity contribution in [2.45, 2.75) is 92.9 Å². The number of carbonyl (C=O) groups excluding carboxylic acids is 1. The van der Waals surface area contributed by atoms with Crippen LogP contribution in [0.15, 0.2) is 18.2 Å². The van der Waals surface area contributed by atoms with Gasteiger partial charge in [0.25, 0.3) is 0 Å². The second kappa shape index (κ2) is 16.0. The molecule has 1 aromatic rings. The Hall–Kier alpha value is -1.71. The average molecular weight is 449 g/mol. The van der Waals surface area contributed by atoms with E-state index in [0.717, 1.165) is 49.4 Å². The van der Waals surface area contributed by atoms with Gasteiger partial charge in [0.15, 0.2) is 0 Å². The zero-order valence-electron chi connectivity index (χ0n) is 21.7. The highest BCUT2D eigenvalue weighted by molar-refractivity contribution is 5.90. The van der Waals surface area contributed by atoms with Crippen molar-refractivity contribution in [2.24, 2.45) is 23.7 Å². The van der Waals surface area contributed by atoms with E-state index in [9.17, 15) is 4.79 Å². The number of hydrogen-bond acceptors (Lipinski definition) is 4. The van der Waals surface area contributed by atoms with Gasteiger partial charge in [-0.2, -0.15) is 0 Å². The van der Waals surface area contributed by atoms with Gasteiger partial charge in [0.1, 0.15) is 11.5 Å². The molecule has 0 amide bonds. The largest absolute Gasteiger partial charge is 0.493 e. The van der Waals surface area contributed by atoms with Crippen LogP contribution in [0.4, 0.5) is 0 Å². The van der Waals surface area contributed by atoms with Gasteiger partial charge in [-0.05, 0) is 74.3 Å². The van der Waals surface area contributed by atoms with E-state index in [4.69, 9.17) is 14.2 Å². The van der Waals surface area contributed by atoms with Crippen LogP contribution in [0.1, 0.15) is 103 Å². The van der Waals surface area contributed by atoms with Gasteiger partial charge < -0.3 is 14.2 Å². The fourth-order valence-electron chi connectivity index (χ4n) is 4.39. The second-order valence-electron chi connectivity index (χ2n) is 10.3. The van der Waals surface area contributed by atoms with E-state index in [1.807, 2.05) is 6.07 Å². The number of rotatable bonds is 17.